The lowest BCUT2D eigenvalue weighted by atomic mass is 9.72. The van der Waals surface area contributed by atoms with Crippen molar-refractivity contribution in [3.8, 4) is 5.75 Å². The lowest BCUT2D eigenvalue weighted by Crippen LogP contribution is -2.34. The van der Waals surface area contributed by atoms with Crippen LogP contribution in [0, 0.1) is 5.41 Å². The second-order valence-corrected chi connectivity index (χ2v) is 9.25. The zero-order valence-corrected chi connectivity index (χ0v) is 15.0. The van der Waals surface area contributed by atoms with E-state index in [-0.39, 0.29) is 5.41 Å². The van der Waals surface area contributed by atoms with Crippen molar-refractivity contribution < 1.29 is 4.74 Å². The molecule has 1 aliphatic carbocycles. The van der Waals surface area contributed by atoms with Gasteiger partial charge < -0.3 is 4.74 Å². The topological polar surface area (TPSA) is 9.23 Å². The molecular formula is C18H27BrO. The van der Waals surface area contributed by atoms with Crippen LogP contribution < -0.4 is 4.74 Å². The molecule has 1 nitrogen and oxygen atoms in total. The predicted octanol–water partition coefficient (Wildman–Crippen LogP) is 5.71. The van der Waals surface area contributed by atoms with Crippen LogP contribution in [0.5, 0.6) is 5.75 Å². The molecule has 112 valence electrons. The fraction of sp³-hybridized carbons (Fsp3) is 0.667. The highest BCUT2D eigenvalue weighted by Gasteiger charge is 2.29. The number of alkyl halides is 1. The van der Waals surface area contributed by atoms with E-state index in [4.69, 9.17) is 4.74 Å². The molecule has 1 saturated carbocycles. The van der Waals surface area contributed by atoms with Crippen molar-refractivity contribution in [1.29, 1.82) is 0 Å². The first-order valence-corrected chi connectivity index (χ1v) is 8.49. The van der Waals surface area contributed by atoms with E-state index in [1.807, 2.05) is 0 Å². The van der Waals surface area contributed by atoms with Gasteiger partial charge in [-0.25, -0.2) is 0 Å². The molecule has 0 spiro atoms. The first-order valence-electron chi connectivity index (χ1n) is 7.57. The van der Waals surface area contributed by atoms with Crippen molar-refractivity contribution in [3.63, 3.8) is 0 Å². The van der Waals surface area contributed by atoms with Crippen LogP contribution in [0.1, 0.15) is 59.4 Å². The molecular weight excluding hydrogens is 312 g/mol. The van der Waals surface area contributed by atoms with Gasteiger partial charge >= 0.3 is 0 Å². The third-order valence-electron chi connectivity index (χ3n) is 3.95. The van der Waals surface area contributed by atoms with E-state index in [1.54, 1.807) is 0 Å². The second-order valence-electron chi connectivity index (χ2n) is 7.95. The van der Waals surface area contributed by atoms with Gasteiger partial charge in [0.05, 0.1) is 0 Å². The summed E-state index contributed by atoms with van der Waals surface area (Å²) in [5, 5.41) is 0. The summed E-state index contributed by atoms with van der Waals surface area (Å²) in [6, 6.07) is 8.71. The van der Waals surface area contributed by atoms with Crippen molar-refractivity contribution in [2.24, 2.45) is 5.41 Å². The van der Waals surface area contributed by atoms with Gasteiger partial charge in [0.2, 0.25) is 0 Å². The molecule has 0 aliphatic heterocycles. The van der Waals surface area contributed by atoms with Crippen molar-refractivity contribution in [2.75, 3.05) is 0 Å². The number of benzene rings is 1. The first kappa shape index (κ1) is 15.9. The lowest BCUT2D eigenvalue weighted by molar-refractivity contribution is 0.128. The van der Waals surface area contributed by atoms with Gasteiger partial charge in [0.15, 0.2) is 0 Å². The van der Waals surface area contributed by atoms with Gasteiger partial charge in [-0.05, 0) is 47.8 Å². The third-order valence-corrected chi connectivity index (χ3v) is 4.70. The zero-order valence-electron chi connectivity index (χ0n) is 13.4. The molecule has 0 aromatic heterocycles. The van der Waals surface area contributed by atoms with Crippen molar-refractivity contribution in [1.82, 2.24) is 0 Å². The number of hydrogen-bond donors (Lipinski definition) is 0. The Morgan fingerprint density at radius 3 is 2.05 bits per heavy atom. The normalized spacial score (nSPS) is 23.3. The largest absolute Gasteiger partial charge is 0.490 e. The van der Waals surface area contributed by atoms with E-state index in [0.29, 0.717) is 16.3 Å². The van der Waals surface area contributed by atoms with Crippen molar-refractivity contribution in [2.45, 2.75) is 70.2 Å². The van der Waals surface area contributed by atoms with E-state index < -0.39 is 0 Å². The summed E-state index contributed by atoms with van der Waals surface area (Å²) >= 11 is 3.60. The van der Waals surface area contributed by atoms with Crippen LogP contribution in [0.2, 0.25) is 0 Å². The Hall–Kier alpha value is -0.500. The quantitative estimate of drug-likeness (QED) is 0.639. The molecule has 0 radical (unpaired) electrons. The van der Waals surface area contributed by atoms with Crippen molar-refractivity contribution in [3.05, 3.63) is 29.8 Å². The van der Waals surface area contributed by atoms with Crippen LogP contribution in [0.25, 0.3) is 0 Å². The zero-order chi connectivity index (χ0) is 15.0. The van der Waals surface area contributed by atoms with Gasteiger partial charge in [-0.3, -0.25) is 0 Å². The van der Waals surface area contributed by atoms with E-state index in [0.717, 1.165) is 18.6 Å². The summed E-state index contributed by atoms with van der Waals surface area (Å²) < 4.78 is 5.96. The van der Waals surface area contributed by atoms with E-state index in [2.05, 4.69) is 74.8 Å². The average molecular weight is 339 g/mol. The molecule has 0 amide bonds. The summed E-state index contributed by atoms with van der Waals surface area (Å²) in [5.41, 5.74) is 1.94. The highest BCUT2D eigenvalue weighted by atomic mass is 79.9. The number of hydrogen-bond acceptors (Lipinski definition) is 1. The fourth-order valence-electron chi connectivity index (χ4n) is 3.20. The van der Waals surface area contributed by atoms with Gasteiger partial charge in [0.25, 0.3) is 0 Å². The maximum Gasteiger partial charge on any atom is 0.119 e. The Kier molecular flexibility index (Phi) is 4.53. The van der Waals surface area contributed by atoms with Crippen LogP contribution in [0.3, 0.4) is 0 Å². The first-order chi connectivity index (χ1) is 9.16. The smallest absolute Gasteiger partial charge is 0.119 e. The Morgan fingerprint density at radius 1 is 1.05 bits per heavy atom. The van der Waals surface area contributed by atoms with Gasteiger partial charge in [-0.2, -0.15) is 0 Å². The Labute approximate surface area is 132 Å². The summed E-state index contributed by atoms with van der Waals surface area (Å²) in [5.74, 6) is 1.00. The molecule has 2 rings (SSSR count). The molecule has 0 N–H and O–H groups in total. The van der Waals surface area contributed by atoms with Crippen LogP contribution in [-0.4, -0.2) is 10.9 Å². The summed E-state index contributed by atoms with van der Waals surface area (Å²) in [6.07, 6.45) is 3.82. The molecule has 0 saturated heterocycles. The summed E-state index contributed by atoms with van der Waals surface area (Å²) in [7, 11) is 0. The van der Waals surface area contributed by atoms with Gasteiger partial charge in [0.1, 0.15) is 11.9 Å². The standard InChI is InChI=1S/C18H27BrO/c1-17(2,3)12-18(4,5)13-6-8-15(9-7-13)20-16-10-14(19)11-16/h6-9,14,16H,10-12H2,1-5H3. The molecule has 1 aromatic carbocycles. The molecule has 0 unspecified atom stereocenters. The van der Waals surface area contributed by atoms with Crippen LogP contribution in [-0.2, 0) is 5.41 Å². The minimum absolute atomic E-state index is 0.203. The molecule has 0 bridgehead atoms. The van der Waals surface area contributed by atoms with E-state index >= 15 is 0 Å². The fourth-order valence-corrected chi connectivity index (χ4v) is 4.04. The Balaban J connectivity index is 2.00. The van der Waals surface area contributed by atoms with Gasteiger partial charge in [0, 0.05) is 4.83 Å². The number of rotatable bonds is 4. The minimum atomic E-state index is 0.203. The molecule has 0 heterocycles. The highest BCUT2D eigenvalue weighted by molar-refractivity contribution is 9.09. The van der Waals surface area contributed by atoms with Crippen LogP contribution in [0.4, 0.5) is 0 Å². The Morgan fingerprint density at radius 2 is 1.60 bits per heavy atom. The molecule has 1 aromatic rings. The van der Waals surface area contributed by atoms with Crippen molar-refractivity contribution >= 4 is 15.9 Å². The van der Waals surface area contributed by atoms with Crippen LogP contribution in [0.15, 0.2) is 24.3 Å². The molecule has 0 atom stereocenters. The summed E-state index contributed by atoms with van der Waals surface area (Å²) in [6.45, 7) is 11.6. The molecule has 1 aliphatic rings. The highest BCUT2D eigenvalue weighted by Crippen LogP contribution is 2.37. The van der Waals surface area contributed by atoms with E-state index in [1.165, 1.54) is 12.0 Å². The SMILES string of the molecule is CC(C)(C)CC(C)(C)c1ccc(OC2CC(Br)C2)cc1. The van der Waals surface area contributed by atoms with Crippen LogP contribution >= 0.6 is 15.9 Å². The summed E-state index contributed by atoms with van der Waals surface area (Å²) in [4.78, 5) is 0.650. The van der Waals surface area contributed by atoms with Gasteiger partial charge in [-0.15, -0.1) is 0 Å². The van der Waals surface area contributed by atoms with Gasteiger partial charge in [-0.1, -0.05) is 62.7 Å². The third kappa shape index (κ3) is 4.25. The minimum Gasteiger partial charge on any atom is -0.490 e. The van der Waals surface area contributed by atoms with E-state index in [9.17, 15) is 0 Å². The molecule has 20 heavy (non-hydrogen) atoms. The monoisotopic (exact) mass is 338 g/mol. The Bertz CT molecular complexity index is 435. The maximum absolute atomic E-state index is 5.96. The lowest BCUT2D eigenvalue weighted by Gasteiger charge is -2.34. The number of ether oxygens (including phenoxy) is 1. The average Bonchev–Trinajstić information content (AvgIpc) is 2.24. The molecule has 2 heteroatoms. The maximum atomic E-state index is 5.96. The second kappa shape index (κ2) is 5.71. The number of halogens is 1. The predicted molar refractivity (Wildman–Crippen MR) is 89.9 cm³/mol. The molecule has 1 fully saturated rings.